The van der Waals surface area contributed by atoms with Crippen molar-refractivity contribution in [1.29, 1.82) is 0 Å². The van der Waals surface area contributed by atoms with Crippen molar-refractivity contribution in [3.05, 3.63) is 119 Å². The third-order valence-corrected chi connectivity index (χ3v) is 8.00. The number of carbonyl (C=O) groups excluding carboxylic acids is 1. The molecule has 0 radical (unpaired) electrons. The summed E-state index contributed by atoms with van der Waals surface area (Å²) in [5.74, 6) is 2.17. The van der Waals surface area contributed by atoms with E-state index in [1.807, 2.05) is 60.7 Å². The van der Waals surface area contributed by atoms with Gasteiger partial charge in [0, 0.05) is 19.1 Å². The van der Waals surface area contributed by atoms with Crippen molar-refractivity contribution in [2.24, 2.45) is 0 Å². The Kier molecular flexibility index (Phi) is 9.47. The van der Waals surface area contributed by atoms with E-state index in [0.29, 0.717) is 36.0 Å². The highest BCUT2D eigenvalue weighted by Gasteiger charge is 2.37. The molecule has 0 bridgehead atoms. The number of ether oxygens (including phenoxy) is 4. The molecule has 1 N–H and O–H groups in total. The molecule has 0 unspecified atom stereocenters. The molecule has 1 aliphatic rings. The second-order valence-corrected chi connectivity index (χ2v) is 10.5. The fourth-order valence-electron chi connectivity index (χ4n) is 5.83. The highest BCUT2D eigenvalue weighted by Crippen LogP contribution is 2.43. The number of amides is 1. The van der Waals surface area contributed by atoms with Gasteiger partial charge in [-0.2, -0.15) is 0 Å². The van der Waals surface area contributed by atoms with Crippen molar-refractivity contribution in [2.75, 3.05) is 35.0 Å². The molecule has 7 nitrogen and oxygen atoms in total. The van der Waals surface area contributed by atoms with Gasteiger partial charge in [-0.25, -0.2) is 4.39 Å². The van der Waals surface area contributed by atoms with Crippen LogP contribution in [0.3, 0.4) is 0 Å². The summed E-state index contributed by atoms with van der Waals surface area (Å²) in [6.45, 7) is 0.933. The normalized spacial score (nSPS) is 15.2. The Balaban J connectivity index is 1.57. The number of benzene rings is 4. The molecular formula is C35H37FN2O5. The minimum absolute atomic E-state index is 0.128. The molecule has 0 aliphatic carbocycles. The number of nitrogens with one attached hydrogen (secondary N) is 1. The Hall–Kier alpha value is -4.56. The van der Waals surface area contributed by atoms with Crippen LogP contribution in [0.4, 0.5) is 4.39 Å². The highest BCUT2D eigenvalue weighted by atomic mass is 19.1. The smallest absolute Gasteiger partial charge is 0.242 e. The molecule has 0 fully saturated rings. The molecule has 224 valence electrons. The summed E-state index contributed by atoms with van der Waals surface area (Å²) in [6.07, 6.45) is 1.34. The van der Waals surface area contributed by atoms with Crippen LogP contribution in [0.15, 0.2) is 84.9 Å². The Labute approximate surface area is 252 Å². The molecule has 2 atom stereocenters. The first-order chi connectivity index (χ1) is 20.9. The lowest BCUT2D eigenvalue weighted by Crippen LogP contribution is -2.45. The molecule has 1 heterocycles. The average molecular weight is 585 g/mol. The van der Waals surface area contributed by atoms with Crippen LogP contribution in [0.2, 0.25) is 0 Å². The fraction of sp³-hybridized carbons (Fsp3) is 0.286. The lowest BCUT2D eigenvalue weighted by Gasteiger charge is -2.42. The number of rotatable bonds is 11. The zero-order chi connectivity index (χ0) is 30.3. The predicted molar refractivity (Wildman–Crippen MR) is 163 cm³/mol. The van der Waals surface area contributed by atoms with Crippen molar-refractivity contribution >= 4 is 5.91 Å². The number of nitrogens with zero attached hydrogens (tertiary/aromatic N) is 1. The molecule has 1 amide bonds. The van der Waals surface area contributed by atoms with E-state index < -0.39 is 6.04 Å². The maximum atomic E-state index is 14.1. The largest absolute Gasteiger partial charge is 0.493 e. The maximum absolute atomic E-state index is 14.1. The Morgan fingerprint density at radius 3 is 2.12 bits per heavy atom. The van der Waals surface area contributed by atoms with Crippen molar-refractivity contribution < 1.29 is 28.1 Å². The quantitative estimate of drug-likeness (QED) is 0.231. The Morgan fingerprint density at radius 2 is 1.44 bits per heavy atom. The van der Waals surface area contributed by atoms with Crippen molar-refractivity contribution in [3.8, 4) is 23.0 Å². The van der Waals surface area contributed by atoms with Gasteiger partial charge in [-0.1, -0.05) is 48.5 Å². The van der Waals surface area contributed by atoms with Gasteiger partial charge in [-0.05, 0) is 77.1 Å². The van der Waals surface area contributed by atoms with Gasteiger partial charge in [0.25, 0.3) is 0 Å². The van der Waals surface area contributed by atoms with Crippen LogP contribution in [-0.2, 0) is 24.2 Å². The van der Waals surface area contributed by atoms with Crippen LogP contribution in [0.1, 0.15) is 39.9 Å². The van der Waals surface area contributed by atoms with Crippen molar-refractivity contribution in [1.82, 2.24) is 10.2 Å². The summed E-state index contributed by atoms with van der Waals surface area (Å²) in [5, 5.41) is 3.11. The summed E-state index contributed by atoms with van der Waals surface area (Å²) in [4.78, 5) is 16.4. The van der Waals surface area contributed by atoms with Gasteiger partial charge in [0.1, 0.15) is 11.9 Å². The topological polar surface area (TPSA) is 69.3 Å². The minimum Gasteiger partial charge on any atom is -0.493 e. The average Bonchev–Trinajstić information content (AvgIpc) is 3.05. The van der Waals surface area contributed by atoms with E-state index in [-0.39, 0.29) is 24.3 Å². The molecule has 4 aromatic carbocycles. The maximum Gasteiger partial charge on any atom is 0.242 e. The fourth-order valence-corrected chi connectivity index (χ4v) is 5.83. The van der Waals surface area contributed by atoms with E-state index in [9.17, 15) is 9.18 Å². The lowest BCUT2D eigenvalue weighted by molar-refractivity contribution is -0.128. The summed E-state index contributed by atoms with van der Waals surface area (Å²) in [6, 6.07) is 25.2. The van der Waals surface area contributed by atoms with E-state index >= 15 is 0 Å². The van der Waals surface area contributed by atoms with Crippen molar-refractivity contribution in [3.63, 3.8) is 0 Å². The van der Waals surface area contributed by atoms with Crippen LogP contribution in [0, 0.1) is 5.82 Å². The SMILES string of the molecule is COc1ccc(C[C@H]2c3cc(OC)c(OC)cc3CCN2[C@@H](C(=O)NCc2ccc(F)cc2)c2ccccc2)cc1OC. The molecule has 0 spiro atoms. The second kappa shape index (κ2) is 13.6. The molecule has 1 aliphatic heterocycles. The van der Waals surface area contributed by atoms with Crippen LogP contribution in [0.5, 0.6) is 23.0 Å². The van der Waals surface area contributed by atoms with Crippen LogP contribution in [0.25, 0.3) is 0 Å². The van der Waals surface area contributed by atoms with Crippen LogP contribution < -0.4 is 24.3 Å². The zero-order valence-corrected chi connectivity index (χ0v) is 24.9. The van der Waals surface area contributed by atoms with Crippen LogP contribution >= 0.6 is 0 Å². The molecule has 43 heavy (non-hydrogen) atoms. The molecule has 4 aromatic rings. The van der Waals surface area contributed by atoms with Gasteiger partial charge in [0.2, 0.25) is 5.91 Å². The number of halogens is 1. The van der Waals surface area contributed by atoms with Gasteiger partial charge in [0.05, 0.1) is 28.4 Å². The molecule has 5 rings (SSSR count). The van der Waals surface area contributed by atoms with Crippen LogP contribution in [-0.4, -0.2) is 45.8 Å². The number of hydrogen-bond acceptors (Lipinski definition) is 6. The first kappa shape index (κ1) is 29.9. The van der Waals surface area contributed by atoms with E-state index in [4.69, 9.17) is 18.9 Å². The lowest BCUT2D eigenvalue weighted by atomic mass is 9.86. The number of fused-ring (bicyclic) bond motifs is 1. The molecule has 0 aromatic heterocycles. The van der Waals surface area contributed by atoms with Gasteiger partial charge < -0.3 is 24.3 Å². The predicted octanol–water partition coefficient (Wildman–Crippen LogP) is 6.06. The highest BCUT2D eigenvalue weighted by molar-refractivity contribution is 5.83. The Morgan fingerprint density at radius 1 is 0.814 bits per heavy atom. The van der Waals surface area contributed by atoms with Gasteiger partial charge in [-0.3, -0.25) is 9.69 Å². The first-order valence-corrected chi connectivity index (χ1v) is 14.2. The molecular weight excluding hydrogens is 547 g/mol. The zero-order valence-electron chi connectivity index (χ0n) is 24.9. The van der Waals surface area contributed by atoms with E-state index in [0.717, 1.165) is 34.2 Å². The standard InChI is InChI=1S/C35H37FN2O5/c1-40-30-15-12-24(19-31(30)41-2)18-29-28-21-33(43-4)32(42-3)20-26(28)16-17-38(29)34(25-8-6-5-7-9-25)35(39)37-22-23-10-13-27(36)14-11-23/h5-15,19-21,29,34H,16-18,22H2,1-4H3,(H,37,39)/t29-,34+/m0/s1. The number of hydrogen-bond donors (Lipinski definition) is 1. The van der Waals surface area contributed by atoms with E-state index in [1.54, 1.807) is 40.6 Å². The third-order valence-electron chi connectivity index (χ3n) is 8.00. The van der Waals surface area contributed by atoms with Crippen molar-refractivity contribution in [2.45, 2.75) is 31.5 Å². The van der Waals surface area contributed by atoms with E-state index in [2.05, 4.69) is 10.2 Å². The molecule has 8 heteroatoms. The second-order valence-electron chi connectivity index (χ2n) is 10.5. The number of carbonyl (C=O) groups is 1. The first-order valence-electron chi connectivity index (χ1n) is 14.2. The third kappa shape index (κ3) is 6.60. The molecule has 0 saturated carbocycles. The number of methoxy groups -OCH3 is 4. The summed E-state index contributed by atoms with van der Waals surface area (Å²) < 4.78 is 35.9. The van der Waals surface area contributed by atoms with Gasteiger partial charge >= 0.3 is 0 Å². The summed E-state index contributed by atoms with van der Waals surface area (Å²) >= 11 is 0. The molecule has 0 saturated heterocycles. The summed E-state index contributed by atoms with van der Waals surface area (Å²) in [7, 11) is 6.50. The summed E-state index contributed by atoms with van der Waals surface area (Å²) in [5.41, 5.74) is 4.97. The van der Waals surface area contributed by atoms with Gasteiger partial charge in [0.15, 0.2) is 23.0 Å². The minimum atomic E-state index is -0.576. The Bertz CT molecular complexity index is 1540. The van der Waals surface area contributed by atoms with E-state index in [1.165, 1.54) is 12.1 Å². The van der Waals surface area contributed by atoms with Gasteiger partial charge in [-0.15, -0.1) is 0 Å². The monoisotopic (exact) mass is 584 g/mol.